The molecule has 2 aromatic heterocycles. The Hall–Kier alpha value is -3.98. The molecule has 9 heteroatoms. The van der Waals surface area contributed by atoms with E-state index in [9.17, 15) is 14.7 Å². The van der Waals surface area contributed by atoms with Gasteiger partial charge in [0.1, 0.15) is 16.5 Å². The van der Waals surface area contributed by atoms with Crippen molar-refractivity contribution in [3.8, 4) is 22.0 Å². The first-order valence-corrected chi connectivity index (χ1v) is 10.9. The molecule has 0 aliphatic heterocycles. The Morgan fingerprint density at radius 3 is 2.56 bits per heavy atom. The van der Waals surface area contributed by atoms with Gasteiger partial charge in [-0.1, -0.05) is 24.3 Å². The van der Waals surface area contributed by atoms with Gasteiger partial charge < -0.3 is 15.7 Å². The molecular weight excluding hydrogens is 426 g/mol. The maximum Gasteiger partial charge on any atom is 0.270 e. The van der Waals surface area contributed by atoms with Gasteiger partial charge in [-0.3, -0.25) is 9.59 Å². The lowest BCUT2D eigenvalue weighted by molar-refractivity contribution is 0.0948. The average Bonchev–Trinajstić information content (AvgIpc) is 3.49. The molecule has 2 heterocycles. The van der Waals surface area contributed by atoms with E-state index in [1.54, 1.807) is 28.4 Å². The van der Waals surface area contributed by atoms with Crippen molar-refractivity contribution in [2.75, 3.05) is 13.1 Å². The summed E-state index contributed by atoms with van der Waals surface area (Å²) >= 11 is 1.38. The first-order chi connectivity index (χ1) is 15.6. The van der Waals surface area contributed by atoms with Crippen molar-refractivity contribution < 1.29 is 14.7 Å². The van der Waals surface area contributed by atoms with Gasteiger partial charge in [-0.25, -0.2) is 9.67 Å². The Morgan fingerprint density at radius 1 is 1.00 bits per heavy atom. The van der Waals surface area contributed by atoms with Crippen molar-refractivity contribution in [3.05, 3.63) is 83.6 Å². The topological polar surface area (TPSA) is 109 Å². The smallest absolute Gasteiger partial charge is 0.270 e. The number of rotatable bonds is 8. The molecule has 0 atom stereocenters. The second-order valence-electron chi connectivity index (χ2n) is 6.96. The largest absolute Gasteiger partial charge is 0.508 e. The summed E-state index contributed by atoms with van der Waals surface area (Å²) < 4.78 is 1.77. The van der Waals surface area contributed by atoms with Crippen molar-refractivity contribution >= 4 is 23.2 Å². The highest BCUT2D eigenvalue weighted by atomic mass is 32.1. The summed E-state index contributed by atoms with van der Waals surface area (Å²) in [5.74, 6) is -0.491. The Balaban J connectivity index is 1.25. The predicted molar refractivity (Wildman–Crippen MR) is 122 cm³/mol. The maximum atomic E-state index is 12.4. The van der Waals surface area contributed by atoms with Gasteiger partial charge in [0.05, 0.1) is 11.9 Å². The number of carbonyl (C=O) groups is 2. The predicted octanol–water partition coefficient (Wildman–Crippen LogP) is 3.25. The lowest BCUT2D eigenvalue weighted by Gasteiger charge is -2.06. The second-order valence-corrected chi connectivity index (χ2v) is 7.82. The van der Waals surface area contributed by atoms with E-state index in [1.807, 2.05) is 36.5 Å². The molecule has 162 valence electrons. The van der Waals surface area contributed by atoms with Gasteiger partial charge >= 0.3 is 0 Å². The number of thiazole rings is 1. The highest BCUT2D eigenvalue weighted by Crippen LogP contribution is 2.24. The number of nitrogens with zero attached hydrogens (tertiary/aromatic N) is 3. The fraction of sp³-hybridized carbons (Fsp3) is 0.130. The van der Waals surface area contributed by atoms with Gasteiger partial charge in [-0.2, -0.15) is 5.10 Å². The van der Waals surface area contributed by atoms with Crippen LogP contribution in [0.15, 0.2) is 72.4 Å². The van der Waals surface area contributed by atoms with Crippen molar-refractivity contribution in [2.45, 2.75) is 6.42 Å². The zero-order valence-corrected chi connectivity index (χ0v) is 17.9. The van der Waals surface area contributed by atoms with Crippen LogP contribution in [0.4, 0.5) is 0 Å². The summed E-state index contributed by atoms with van der Waals surface area (Å²) in [6.07, 6.45) is 4.17. The highest BCUT2D eigenvalue weighted by Gasteiger charge is 2.13. The van der Waals surface area contributed by atoms with Crippen LogP contribution in [0.3, 0.4) is 0 Å². The minimum atomic E-state index is -0.271. The fourth-order valence-electron chi connectivity index (χ4n) is 3.00. The number of hydrogen-bond acceptors (Lipinski definition) is 6. The van der Waals surface area contributed by atoms with E-state index in [0.29, 0.717) is 30.8 Å². The lowest BCUT2D eigenvalue weighted by atomic mass is 10.2. The third kappa shape index (κ3) is 5.19. The molecule has 32 heavy (non-hydrogen) atoms. The Bertz CT molecular complexity index is 1220. The summed E-state index contributed by atoms with van der Waals surface area (Å²) in [6.45, 7) is 0.799. The molecule has 0 bridgehead atoms. The first-order valence-electron chi connectivity index (χ1n) is 10.0. The molecule has 2 aromatic carbocycles. The van der Waals surface area contributed by atoms with Gasteiger partial charge in [0, 0.05) is 35.8 Å². The molecule has 0 fully saturated rings. The number of nitrogens with one attached hydrogen (secondary N) is 2. The van der Waals surface area contributed by atoms with E-state index in [2.05, 4.69) is 20.7 Å². The van der Waals surface area contributed by atoms with E-state index in [4.69, 9.17) is 0 Å². The van der Waals surface area contributed by atoms with Crippen molar-refractivity contribution in [1.29, 1.82) is 0 Å². The molecule has 0 aliphatic carbocycles. The van der Waals surface area contributed by atoms with Crippen LogP contribution in [0.5, 0.6) is 5.75 Å². The number of carbonyl (C=O) groups excluding carboxylic acids is 2. The highest BCUT2D eigenvalue weighted by molar-refractivity contribution is 7.13. The van der Waals surface area contributed by atoms with Crippen molar-refractivity contribution in [1.82, 2.24) is 25.4 Å². The summed E-state index contributed by atoms with van der Waals surface area (Å²) in [5, 5.41) is 21.8. The number of para-hydroxylation sites is 1. The number of phenolic OH excluding ortho intramolecular Hbond substituents is 1. The van der Waals surface area contributed by atoms with E-state index in [0.717, 1.165) is 16.3 Å². The van der Waals surface area contributed by atoms with Crippen molar-refractivity contribution in [2.24, 2.45) is 0 Å². The molecule has 2 amide bonds. The van der Waals surface area contributed by atoms with Crippen LogP contribution >= 0.6 is 11.3 Å². The zero-order chi connectivity index (χ0) is 22.3. The standard InChI is InChI=1S/C23H21N5O3S/c29-19-9-4-6-16(12-19)21(30)24-10-5-11-25-22(31)20-15-32-23(27-20)17-13-26-28(14-17)18-7-2-1-3-8-18/h1-4,6-9,12-15,29H,5,10-11H2,(H,24,30)(H,25,31). The number of hydrogen-bond donors (Lipinski definition) is 3. The molecule has 3 N–H and O–H groups in total. The SMILES string of the molecule is O=C(NCCCNC(=O)c1csc(-c2cnn(-c3ccccc3)c2)n1)c1cccc(O)c1. The van der Waals surface area contributed by atoms with Crippen LogP contribution in [0, 0.1) is 0 Å². The Morgan fingerprint density at radius 2 is 1.78 bits per heavy atom. The van der Waals surface area contributed by atoms with E-state index in [-0.39, 0.29) is 17.6 Å². The van der Waals surface area contributed by atoms with Crippen LogP contribution in [0.25, 0.3) is 16.3 Å². The van der Waals surface area contributed by atoms with Crippen LogP contribution in [-0.2, 0) is 0 Å². The lowest BCUT2D eigenvalue weighted by Crippen LogP contribution is -2.30. The van der Waals surface area contributed by atoms with E-state index < -0.39 is 0 Å². The van der Waals surface area contributed by atoms with Crippen molar-refractivity contribution in [3.63, 3.8) is 0 Å². The molecule has 0 spiro atoms. The van der Waals surface area contributed by atoms with E-state index in [1.165, 1.54) is 23.5 Å². The Kier molecular flexibility index (Phi) is 6.57. The molecule has 0 unspecified atom stereocenters. The number of amides is 2. The number of aromatic nitrogens is 3. The van der Waals surface area contributed by atoms with E-state index >= 15 is 0 Å². The molecule has 4 aromatic rings. The normalized spacial score (nSPS) is 10.6. The van der Waals surface area contributed by atoms with Gasteiger partial charge in [0.25, 0.3) is 11.8 Å². The molecular formula is C23H21N5O3S. The summed E-state index contributed by atoms with van der Waals surface area (Å²) in [7, 11) is 0. The number of aromatic hydroxyl groups is 1. The van der Waals surface area contributed by atoms with Crippen LogP contribution in [0.1, 0.15) is 27.3 Å². The molecule has 0 radical (unpaired) electrons. The minimum Gasteiger partial charge on any atom is -0.508 e. The van der Waals surface area contributed by atoms with Crippen LogP contribution in [0.2, 0.25) is 0 Å². The van der Waals surface area contributed by atoms with Gasteiger partial charge in [-0.15, -0.1) is 11.3 Å². The summed E-state index contributed by atoms with van der Waals surface area (Å²) in [4.78, 5) is 28.8. The van der Waals surface area contributed by atoms with Gasteiger partial charge in [0.15, 0.2) is 0 Å². The minimum absolute atomic E-state index is 0.0416. The fourth-order valence-corrected chi connectivity index (χ4v) is 3.77. The number of phenols is 1. The van der Waals surface area contributed by atoms with Crippen LogP contribution in [-0.4, -0.2) is 44.8 Å². The molecule has 0 saturated heterocycles. The molecule has 0 saturated carbocycles. The number of benzene rings is 2. The Labute approximate surface area is 188 Å². The average molecular weight is 448 g/mol. The van der Waals surface area contributed by atoms with Gasteiger partial charge in [-0.05, 0) is 36.8 Å². The van der Waals surface area contributed by atoms with Crippen LogP contribution < -0.4 is 10.6 Å². The third-order valence-electron chi connectivity index (χ3n) is 4.62. The first kappa shape index (κ1) is 21.3. The van der Waals surface area contributed by atoms with Gasteiger partial charge in [0.2, 0.25) is 0 Å². The monoisotopic (exact) mass is 447 g/mol. The third-order valence-corrected chi connectivity index (χ3v) is 5.51. The maximum absolute atomic E-state index is 12.4. The molecule has 0 aliphatic rings. The molecule has 8 nitrogen and oxygen atoms in total. The quantitative estimate of drug-likeness (QED) is 0.359. The second kappa shape index (κ2) is 9.88. The zero-order valence-electron chi connectivity index (χ0n) is 17.1. The molecule has 4 rings (SSSR count). The summed E-state index contributed by atoms with van der Waals surface area (Å²) in [5.41, 5.74) is 2.53. The summed E-state index contributed by atoms with van der Waals surface area (Å²) in [6, 6.07) is 15.9.